The number of hydrogen-bond donors (Lipinski definition) is 0. The van der Waals surface area contributed by atoms with E-state index >= 15 is 0 Å². The zero-order chi connectivity index (χ0) is 16.4. The molecule has 0 aliphatic heterocycles. The maximum absolute atomic E-state index is 12.0. The van der Waals surface area contributed by atoms with Crippen LogP contribution in [0.15, 0.2) is 51.7 Å². The van der Waals surface area contributed by atoms with Crippen molar-refractivity contribution in [3.8, 4) is 0 Å². The van der Waals surface area contributed by atoms with E-state index in [1.54, 1.807) is 36.4 Å². The van der Waals surface area contributed by atoms with Gasteiger partial charge in [0, 0.05) is 18.2 Å². The van der Waals surface area contributed by atoms with Crippen LogP contribution in [0.25, 0.3) is 23.1 Å². The molecule has 114 valence electrons. The van der Waals surface area contributed by atoms with Crippen molar-refractivity contribution >= 4 is 28.7 Å². The largest absolute Gasteiger partial charge is 0.404 e. The SMILES string of the molecule is Cc1ccc2nc(/C=C/c3ccc([N+](=O)[O-])cc3)oc(=O)c2c1. The van der Waals surface area contributed by atoms with Gasteiger partial charge in [-0.2, -0.15) is 0 Å². The zero-order valence-electron chi connectivity index (χ0n) is 12.2. The van der Waals surface area contributed by atoms with Crippen molar-refractivity contribution in [1.82, 2.24) is 4.98 Å². The van der Waals surface area contributed by atoms with Crippen LogP contribution in [0, 0.1) is 17.0 Å². The van der Waals surface area contributed by atoms with Crippen molar-refractivity contribution < 1.29 is 9.34 Å². The first-order chi connectivity index (χ1) is 11.0. The van der Waals surface area contributed by atoms with Crippen LogP contribution in [0.2, 0.25) is 0 Å². The molecule has 0 fully saturated rings. The van der Waals surface area contributed by atoms with Gasteiger partial charge in [-0.25, -0.2) is 9.78 Å². The summed E-state index contributed by atoms with van der Waals surface area (Å²) in [6.45, 7) is 1.89. The molecule has 0 aliphatic rings. The molecule has 3 aromatic rings. The second kappa shape index (κ2) is 5.84. The summed E-state index contributed by atoms with van der Waals surface area (Å²) in [7, 11) is 0. The van der Waals surface area contributed by atoms with E-state index in [0.29, 0.717) is 10.9 Å². The van der Waals surface area contributed by atoms with Gasteiger partial charge < -0.3 is 4.42 Å². The molecular weight excluding hydrogens is 296 g/mol. The van der Waals surface area contributed by atoms with Gasteiger partial charge in [0.25, 0.3) is 5.69 Å². The Morgan fingerprint density at radius 3 is 2.57 bits per heavy atom. The Labute approximate surface area is 130 Å². The summed E-state index contributed by atoms with van der Waals surface area (Å²) < 4.78 is 5.17. The summed E-state index contributed by atoms with van der Waals surface area (Å²) in [5.41, 5.74) is 1.84. The highest BCUT2D eigenvalue weighted by molar-refractivity contribution is 5.79. The van der Waals surface area contributed by atoms with Crippen LogP contribution in [0.5, 0.6) is 0 Å². The summed E-state index contributed by atoms with van der Waals surface area (Å²) in [5.74, 6) is 0.185. The molecule has 0 atom stereocenters. The fraction of sp³-hybridized carbons (Fsp3) is 0.0588. The molecule has 1 aromatic heterocycles. The summed E-state index contributed by atoms with van der Waals surface area (Å²) in [6.07, 6.45) is 3.23. The molecule has 6 nitrogen and oxygen atoms in total. The van der Waals surface area contributed by atoms with Crippen molar-refractivity contribution in [2.24, 2.45) is 0 Å². The fourth-order valence-electron chi connectivity index (χ4n) is 2.15. The summed E-state index contributed by atoms with van der Waals surface area (Å²) in [6, 6.07) is 11.4. The number of benzene rings is 2. The van der Waals surface area contributed by atoms with Crippen LogP contribution in [0.3, 0.4) is 0 Å². The third-order valence-corrected chi connectivity index (χ3v) is 3.32. The average Bonchev–Trinajstić information content (AvgIpc) is 2.54. The third-order valence-electron chi connectivity index (χ3n) is 3.32. The van der Waals surface area contributed by atoms with Crippen molar-refractivity contribution in [3.05, 3.63) is 80.0 Å². The fourth-order valence-corrected chi connectivity index (χ4v) is 2.15. The van der Waals surface area contributed by atoms with Gasteiger partial charge in [-0.15, -0.1) is 0 Å². The summed E-state index contributed by atoms with van der Waals surface area (Å²) in [5, 5.41) is 11.0. The third kappa shape index (κ3) is 3.16. The van der Waals surface area contributed by atoms with E-state index in [-0.39, 0.29) is 11.6 Å². The van der Waals surface area contributed by atoms with E-state index in [2.05, 4.69) is 4.98 Å². The Hall–Kier alpha value is -3.28. The van der Waals surface area contributed by atoms with Gasteiger partial charge >= 0.3 is 5.63 Å². The summed E-state index contributed by atoms with van der Waals surface area (Å²) in [4.78, 5) is 26.4. The average molecular weight is 308 g/mol. The molecule has 0 amide bonds. The number of nitrogens with zero attached hydrogens (tertiary/aromatic N) is 2. The van der Waals surface area contributed by atoms with Gasteiger partial charge in [0.2, 0.25) is 5.89 Å². The molecule has 0 N–H and O–H groups in total. The monoisotopic (exact) mass is 308 g/mol. The van der Waals surface area contributed by atoms with Crippen LogP contribution in [0.4, 0.5) is 5.69 Å². The highest BCUT2D eigenvalue weighted by Crippen LogP contribution is 2.15. The normalized spacial score (nSPS) is 11.2. The molecule has 0 radical (unpaired) electrons. The van der Waals surface area contributed by atoms with Crippen molar-refractivity contribution in [2.45, 2.75) is 6.92 Å². The standard InChI is InChI=1S/C17H12N2O4/c1-11-2-8-15-14(10-11)17(20)23-16(18-15)9-5-12-3-6-13(7-4-12)19(21)22/h2-10H,1H3/b9-5+. The molecule has 23 heavy (non-hydrogen) atoms. The number of aromatic nitrogens is 1. The van der Waals surface area contributed by atoms with Crippen molar-refractivity contribution in [1.29, 1.82) is 0 Å². The number of nitro groups is 1. The Kier molecular flexibility index (Phi) is 3.72. The Bertz CT molecular complexity index is 972. The molecular formula is C17H12N2O4. The summed E-state index contributed by atoms with van der Waals surface area (Å²) >= 11 is 0. The van der Waals surface area contributed by atoms with E-state index in [4.69, 9.17) is 4.42 Å². The minimum atomic E-state index is -0.459. The minimum absolute atomic E-state index is 0.0212. The van der Waals surface area contributed by atoms with Crippen LogP contribution < -0.4 is 5.63 Å². The van der Waals surface area contributed by atoms with E-state index in [1.165, 1.54) is 12.1 Å². The van der Waals surface area contributed by atoms with Gasteiger partial charge in [-0.05, 0) is 42.8 Å². The Balaban J connectivity index is 1.93. The van der Waals surface area contributed by atoms with Crippen molar-refractivity contribution in [2.75, 3.05) is 0 Å². The quantitative estimate of drug-likeness (QED) is 0.545. The first-order valence-electron chi connectivity index (χ1n) is 6.87. The molecule has 3 rings (SSSR count). The van der Waals surface area contributed by atoms with Crippen LogP contribution >= 0.6 is 0 Å². The first-order valence-corrected chi connectivity index (χ1v) is 6.87. The van der Waals surface area contributed by atoms with E-state index < -0.39 is 10.5 Å². The molecule has 0 aliphatic carbocycles. The number of rotatable bonds is 3. The molecule has 2 aromatic carbocycles. The molecule has 1 heterocycles. The lowest BCUT2D eigenvalue weighted by molar-refractivity contribution is -0.384. The molecule has 0 saturated heterocycles. The number of hydrogen-bond acceptors (Lipinski definition) is 5. The topological polar surface area (TPSA) is 86.2 Å². The number of nitro benzene ring substituents is 1. The van der Waals surface area contributed by atoms with Gasteiger partial charge in [-0.3, -0.25) is 10.1 Å². The van der Waals surface area contributed by atoms with Gasteiger partial charge in [0.15, 0.2) is 0 Å². The van der Waals surface area contributed by atoms with Crippen LogP contribution in [-0.4, -0.2) is 9.91 Å². The smallest absolute Gasteiger partial charge is 0.347 e. The number of aryl methyl sites for hydroxylation is 1. The number of non-ortho nitro benzene ring substituents is 1. The lowest BCUT2D eigenvalue weighted by Gasteiger charge is -1.99. The van der Waals surface area contributed by atoms with Crippen LogP contribution in [0.1, 0.15) is 17.0 Å². The Morgan fingerprint density at radius 1 is 1.13 bits per heavy atom. The lowest BCUT2D eigenvalue weighted by Crippen LogP contribution is -2.03. The van der Waals surface area contributed by atoms with Crippen molar-refractivity contribution in [3.63, 3.8) is 0 Å². The molecule has 6 heteroatoms. The highest BCUT2D eigenvalue weighted by Gasteiger charge is 2.05. The maximum Gasteiger partial charge on any atom is 0.347 e. The minimum Gasteiger partial charge on any atom is -0.404 e. The highest BCUT2D eigenvalue weighted by atomic mass is 16.6. The molecule has 0 unspecified atom stereocenters. The first kappa shape index (κ1) is 14.6. The van der Waals surface area contributed by atoms with E-state index in [9.17, 15) is 14.9 Å². The van der Waals surface area contributed by atoms with E-state index in [1.807, 2.05) is 13.0 Å². The predicted molar refractivity (Wildman–Crippen MR) is 87.0 cm³/mol. The second-order valence-electron chi connectivity index (χ2n) is 5.04. The maximum atomic E-state index is 12.0. The second-order valence-corrected chi connectivity index (χ2v) is 5.04. The number of fused-ring (bicyclic) bond motifs is 1. The van der Waals surface area contributed by atoms with E-state index in [0.717, 1.165) is 11.1 Å². The lowest BCUT2D eigenvalue weighted by atomic mass is 10.2. The van der Waals surface area contributed by atoms with Gasteiger partial charge in [0.05, 0.1) is 15.8 Å². The van der Waals surface area contributed by atoms with Gasteiger partial charge in [-0.1, -0.05) is 11.6 Å². The molecule has 0 spiro atoms. The zero-order valence-corrected chi connectivity index (χ0v) is 12.2. The predicted octanol–water partition coefficient (Wildman–Crippen LogP) is 3.58. The molecule has 0 bridgehead atoms. The van der Waals surface area contributed by atoms with Crippen LogP contribution in [-0.2, 0) is 0 Å². The Morgan fingerprint density at radius 2 is 1.87 bits per heavy atom. The molecule has 0 saturated carbocycles. The van der Waals surface area contributed by atoms with Gasteiger partial charge in [0.1, 0.15) is 0 Å².